The maximum atomic E-state index is 12.6. The number of nitrogens with one attached hydrogen (secondary N) is 3. The van der Waals surface area contributed by atoms with Gasteiger partial charge in [0.1, 0.15) is 0 Å². The van der Waals surface area contributed by atoms with E-state index in [4.69, 9.17) is 45.0 Å². The molecule has 3 N–H and O–H groups in total. The summed E-state index contributed by atoms with van der Waals surface area (Å²) in [6, 6.07) is 0. The van der Waals surface area contributed by atoms with Crippen molar-refractivity contribution in [2.75, 3.05) is 98.7 Å². The summed E-state index contributed by atoms with van der Waals surface area (Å²) >= 11 is 0. The highest BCUT2D eigenvalue weighted by Gasteiger charge is 2.26. The maximum Gasteiger partial charge on any atom is 0.222 e. The van der Waals surface area contributed by atoms with Gasteiger partial charge in [0.2, 0.25) is 17.7 Å². The molecule has 0 spiro atoms. The lowest BCUT2D eigenvalue weighted by Crippen LogP contribution is -2.36. The van der Waals surface area contributed by atoms with Gasteiger partial charge in [0.25, 0.3) is 0 Å². The summed E-state index contributed by atoms with van der Waals surface area (Å²) in [5, 5.41) is 20.3. The van der Waals surface area contributed by atoms with Crippen LogP contribution in [0.25, 0.3) is 31.3 Å². The van der Waals surface area contributed by atoms with Gasteiger partial charge in [-0.1, -0.05) is 63.8 Å². The van der Waals surface area contributed by atoms with Gasteiger partial charge >= 0.3 is 0 Å². The number of rotatable bonds is 44. The summed E-state index contributed by atoms with van der Waals surface area (Å²) < 4.78 is 35.7. The van der Waals surface area contributed by atoms with Crippen molar-refractivity contribution in [3.05, 3.63) is 31.3 Å². The van der Waals surface area contributed by atoms with Crippen LogP contribution in [0.5, 0.6) is 0 Å². The van der Waals surface area contributed by atoms with Gasteiger partial charge in [-0.2, -0.15) is 0 Å². The Morgan fingerprint density at radius 3 is 1.19 bits per heavy atom. The molecule has 0 aliphatic carbocycles. The predicted octanol–water partition coefficient (Wildman–Crippen LogP) is 8.63. The Labute approximate surface area is 413 Å². The van der Waals surface area contributed by atoms with Crippen molar-refractivity contribution in [1.82, 2.24) is 20.9 Å². The SMILES string of the molecule is CCC(C)(CCOC(C)(C)CCNC(=O)CCOCCN(CCOCCC(=O)NCCC(C)(C)OCCC(C)(C)N=[N+]=[N-])CCOCCC(=O)NCCC(C)(CC)OCCC(C)(C)N=[N+]=[N-])N=[N+]=[N-]. The molecule has 0 aromatic carbocycles. The van der Waals surface area contributed by atoms with Crippen molar-refractivity contribution >= 4 is 17.7 Å². The van der Waals surface area contributed by atoms with E-state index in [1.807, 2.05) is 83.1 Å². The van der Waals surface area contributed by atoms with Crippen LogP contribution in [0.4, 0.5) is 0 Å². The Balaban J connectivity index is 4.87. The standard InChI is InChI=1S/C47H91N13O9/c1-13-46(11,56-59-50)23-35-68-45(9,10)19-25-52-40(62)16-31-65-37-28-60(27-36-64-30-15-39(61)51-24-18-44(7,8)67-33-21-42(3,4)54-57-48)29-38-66-32-17-41(63)53-26-20-47(12,14-2)69-34-22-43(5,6)55-58-49/h13-38H2,1-12H3,(H,51,61)(H,52,62)(H,53,63). The molecule has 3 amide bonds. The fourth-order valence-corrected chi connectivity index (χ4v) is 6.37. The summed E-state index contributed by atoms with van der Waals surface area (Å²) in [5.74, 6) is -0.344. The minimum Gasteiger partial charge on any atom is -0.380 e. The molecule has 0 saturated carbocycles. The van der Waals surface area contributed by atoms with Gasteiger partial charge in [0, 0.05) is 110 Å². The van der Waals surface area contributed by atoms with Crippen LogP contribution >= 0.6 is 0 Å². The molecule has 2 atom stereocenters. The zero-order chi connectivity index (χ0) is 52.3. The van der Waals surface area contributed by atoms with Crippen LogP contribution in [-0.4, -0.2) is 155 Å². The van der Waals surface area contributed by atoms with Gasteiger partial charge in [0.05, 0.1) is 56.4 Å². The number of nitrogens with zero attached hydrogens (tertiary/aromatic N) is 10. The molecule has 0 aliphatic heterocycles. The first-order valence-electron chi connectivity index (χ1n) is 24.8. The molecule has 22 nitrogen and oxygen atoms in total. The third-order valence-corrected chi connectivity index (χ3v) is 12.1. The summed E-state index contributed by atoms with van der Waals surface area (Å²) in [4.78, 5) is 48.6. The van der Waals surface area contributed by atoms with Gasteiger partial charge in [-0.15, -0.1) is 0 Å². The van der Waals surface area contributed by atoms with E-state index in [0.717, 1.165) is 6.42 Å². The van der Waals surface area contributed by atoms with Crippen LogP contribution in [0.15, 0.2) is 15.3 Å². The van der Waals surface area contributed by atoms with Crippen molar-refractivity contribution in [2.24, 2.45) is 15.3 Å². The largest absolute Gasteiger partial charge is 0.380 e. The van der Waals surface area contributed by atoms with E-state index < -0.39 is 33.4 Å². The molecule has 398 valence electrons. The van der Waals surface area contributed by atoms with Crippen molar-refractivity contribution in [3.63, 3.8) is 0 Å². The summed E-state index contributed by atoms with van der Waals surface area (Å²) in [5.41, 5.74) is 23.5. The Bertz CT molecular complexity index is 1620. The third-order valence-electron chi connectivity index (χ3n) is 12.1. The van der Waals surface area contributed by atoms with E-state index in [9.17, 15) is 14.4 Å². The van der Waals surface area contributed by atoms with E-state index in [-0.39, 0.29) is 56.8 Å². The van der Waals surface area contributed by atoms with E-state index in [0.29, 0.717) is 124 Å². The fraction of sp³-hybridized carbons (Fsp3) is 0.936. The Morgan fingerprint density at radius 1 is 0.464 bits per heavy atom. The highest BCUT2D eigenvalue weighted by atomic mass is 16.5. The highest BCUT2D eigenvalue weighted by Crippen LogP contribution is 2.24. The molecule has 2 unspecified atom stereocenters. The van der Waals surface area contributed by atoms with Crippen LogP contribution in [0.3, 0.4) is 0 Å². The monoisotopic (exact) mass is 982 g/mol. The molecule has 22 heteroatoms. The maximum absolute atomic E-state index is 12.6. The second-order valence-electron chi connectivity index (χ2n) is 20.4. The summed E-state index contributed by atoms with van der Waals surface area (Å²) in [6.45, 7) is 29.5. The van der Waals surface area contributed by atoms with E-state index in [1.54, 1.807) is 0 Å². The smallest absolute Gasteiger partial charge is 0.222 e. The van der Waals surface area contributed by atoms with Crippen molar-refractivity contribution in [1.29, 1.82) is 0 Å². The highest BCUT2D eigenvalue weighted by molar-refractivity contribution is 5.76. The molecule has 0 radical (unpaired) electrons. The molecule has 0 rings (SSSR count). The van der Waals surface area contributed by atoms with Crippen LogP contribution in [0.1, 0.15) is 154 Å². The average Bonchev–Trinajstić information content (AvgIpc) is 3.25. The number of hydrogen-bond donors (Lipinski definition) is 3. The lowest BCUT2D eigenvalue weighted by atomic mass is 9.96. The van der Waals surface area contributed by atoms with E-state index >= 15 is 0 Å². The van der Waals surface area contributed by atoms with Gasteiger partial charge in [0.15, 0.2) is 0 Å². The van der Waals surface area contributed by atoms with Crippen LogP contribution < -0.4 is 16.0 Å². The van der Waals surface area contributed by atoms with Gasteiger partial charge in [-0.05, 0) is 103 Å². The zero-order valence-electron chi connectivity index (χ0n) is 44.5. The van der Waals surface area contributed by atoms with E-state index in [1.165, 1.54) is 0 Å². The topological polar surface area (TPSA) is 292 Å². The number of carbonyl (C=O) groups is 3. The van der Waals surface area contributed by atoms with Gasteiger partial charge in [-0.3, -0.25) is 19.3 Å². The van der Waals surface area contributed by atoms with Crippen LogP contribution in [0.2, 0.25) is 0 Å². The second kappa shape index (κ2) is 35.2. The van der Waals surface area contributed by atoms with Crippen LogP contribution in [0, 0.1) is 0 Å². The van der Waals surface area contributed by atoms with E-state index in [2.05, 4.69) is 50.9 Å². The molecule has 0 aromatic heterocycles. The molecule has 0 aliphatic rings. The number of azide groups is 3. The average molecular weight is 982 g/mol. The van der Waals surface area contributed by atoms with Gasteiger partial charge < -0.3 is 44.4 Å². The summed E-state index contributed by atoms with van der Waals surface area (Å²) in [6.07, 6.45) is 5.76. The number of carbonyl (C=O) groups excluding carboxylic acids is 3. The first kappa shape index (κ1) is 65.1. The molecule has 0 bridgehead atoms. The normalized spacial score (nSPS) is 13.9. The predicted molar refractivity (Wildman–Crippen MR) is 268 cm³/mol. The second-order valence-corrected chi connectivity index (χ2v) is 20.4. The number of hydrogen-bond acceptors (Lipinski definition) is 13. The fourth-order valence-electron chi connectivity index (χ4n) is 6.37. The molecule has 0 saturated heterocycles. The third kappa shape index (κ3) is 35.8. The Kier molecular flexibility index (Phi) is 33.2. The van der Waals surface area contributed by atoms with Crippen molar-refractivity contribution in [2.45, 2.75) is 187 Å². The molecular formula is C47H91N13O9. The molecule has 0 heterocycles. The molecule has 0 aromatic rings. The number of ether oxygens (including phenoxy) is 6. The quantitative estimate of drug-likeness (QED) is 0.0226. The van der Waals surface area contributed by atoms with Gasteiger partial charge in [-0.25, -0.2) is 0 Å². The van der Waals surface area contributed by atoms with Crippen LogP contribution in [-0.2, 0) is 42.8 Å². The number of amides is 3. The minimum atomic E-state index is -0.534. The Hall–Kier alpha value is -3.94. The lowest BCUT2D eigenvalue weighted by molar-refractivity contribution is -0.123. The first-order chi connectivity index (χ1) is 32.4. The van der Waals surface area contributed by atoms with Crippen molar-refractivity contribution in [3.8, 4) is 0 Å². The minimum absolute atomic E-state index is 0.111. The lowest BCUT2D eigenvalue weighted by Gasteiger charge is -2.30. The van der Waals surface area contributed by atoms with Crippen molar-refractivity contribution < 1.29 is 42.8 Å². The molecular weight excluding hydrogens is 891 g/mol. The summed E-state index contributed by atoms with van der Waals surface area (Å²) in [7, 11) is 0. The molecule has 69 heavy (non-hydrogen) atoms. The first-order valence-corrected chi connectivity index (χ1v) is 24.8. The Morgan fingerprint density at radius 2 is 0.826 bits per heavy atom. The zero-order valence-corrected chi connectivity index (χ0v) is 44.5. The molecule has 0 fully saturated rings.